The van der Waals surface area contributed by atoms with E-state index < -0.39 is 0 Å². The van der Waals surface area contributed by atoms with Crippen LogP contribution in [0.1, 0.15) is 16.1 Å². The second-order valence-corrected chi connectivity index (χ2v) is 7.83. The summed E-state index contributed by atoms with van der Waals surface area (Å²) in [5.74, 6) is 0.399. The third-order valence-electron chi connectivity index (χ3n) is 4.59. The van der Waals surface area contributed by atoms with Gasteiger partial charge in [-0.2, -0.15) is 0 Å². The standard InChI is InChI=1S/C25H19BrN2O3/c26-19-8-6-18(7-9-19)22-14-15-23(31-22)25(30)28-21-12-10-20(11-13-21)27-24(29)16-17-4-2-1-3-5-17/h1-15H,16H2,(H,27,29)(H,28,30). The third kappa shape index (κ3) is 5.49. The number of hydrogen-bond acceptors (Lipinski definition) is 3. The van der Waals surface area contributed by atoms with Crippen molar-refractivity contribution in [3.63, 3.8) is 0 Å². The van der Waals surface area contributed by atoms with Crippen molar-refractivity contribution in [1.82, 2.24) is 0 Å². The van der Waals surface area contributed by atoms with Crippen molar-refractivity contribution in [2.45, 2.75) is 6.42 Å². The maximum absolute atomic E-state index is 12.5. The summed E-state index contributed by atoms with van der Waals surface area (Å²) in [5.41, 5.74) is 3.10. The first-order valence-electron chi connectivity index (χ1n) is 9.68. The fourth-order valence-electron chi connectivity index (χ4n) is 3.05. The van der Waals surface area contributed by atoms with Gasteiger partial charge in [0.2, 0.25) is 5.91 Å². The molecule has 1 aromatic heterocycles. The summed E-state index contributed by atoms with van der Waals surface area (Å²) >= 11 is 3.40. The van der Waals surface area contributed by atoms with E-state index in [0.29, 0.717) is 23.6 Å². The van der Waals surface area contributed by atoms with Crippen LogP contribution in [0.4, 0.5) is 11.4 Å². The lowest BCUT2D eigenvalue weighted by Crippen LogP contribution is -2.14. The topological polar surface area (TPSA) is 71.3 Å². The van der Waals surface area contributed by atoms with E-state index in [1.165, 1.54) is 0 Å². The van der Waals surface area contributed by atoms with Crippen LogP contribution in [0, 0.1) is 0 Å². The van der Waals surface area contributed by atoms with Crippen LogP contribution in [0.5, 0.6) is 0 Å². The summed E-state index contributed by atoms with van der Waals surface area (Å²) in [4.78, 5) is 24.7. The molecule has 0 radical (unpaired) electrons. The summed E-state index contributed by atoms with van der Waals surface area (Å²) in [6, 6.07) is 27.6. The van der Waals surface area contributed by atoms with Crippen LogP contribution in [0.3, 0.4) is 0 Å². The molecule has 6 heteroatoms. The number of benzene rings is 3. The third-order valence-corrected chi connectivity index (χ3v) is 5.12. The molecule has 2 amide bonds. The quantitative estimate of drug-likeness (QED) is 0.352. The van der Waals surface area contributed by atoms with E-state index in [2.05, 4.69) is 26.6 Å². The molecule has 5 nitrogen and oxygen atoms in total. The second kappa shape index (κ2) is 9.45. The summed E-state index contributed by atoms with van der Waals surface area (Å²) in [7, 11) is 0. The maximum atomic E-state index is 12.5. The van der Waals surface area contributed by atoms with Crippen molar-refractivity contribution in [3.05, 3.63) is 107 Å². The summed E-state index contributed by atoms with van der Waals surface area (Å²) in [6.45, 7) is 0. The number of rotatable bonds is 6. The molecule has 0 fully saturated rings. The van der Waals surface area contributed by atoms with Crippen molar-refractivity contribution in [1.29, 1.82) is 0 Å². The highest BCUT2D eigenvalue weighted by atomic mass is 79.9. The number of anilines is 2. The fraction of sp³-hybridized carbons (Fsp3) is 0.0400. The average molecular weight is 475 g/mol. The van der Waals surface area contributed by atoms with Gasteiger partial charge in [-0.15, -0.1) is 0 Å². The van der Waals surface area contributed by atoms with E-state index >= 15 is 0 Å². The van der Waals surface area contributed by atoms with E-state index in [1.807, 2.05) is 54.6 Å². The molecule has 0 aliphatic heterocycles. The second-order valence-electron chi connectivity index (χ2n) is 6.91. The van der Waals surface area contributed by atoms with Crippen LogP contribution in [0.15, 0.2) is 99.9 Å². The molecule has 0 bridgehead atoms. The van der Waals surface area contributed by atoms with E-state index in [-0.39, 0.29) is 17.6 Å². The molecular formula is C25H19BrN2O3. The predicted octanol–water partition coefficient (Wildman–Crippen LogP) is 6.14. The van der Waals surface area contributed by atoms with Gasteiger partial charge in [-0.3, -0.25) is 9.59 Å². The van der Waals surface area contributed by atoms with Crippen molar-refractivity contribution in [2.24, 2.45) is 0 Å². The molecule has 2 N–H and O–H groups in total. The predicted molar refractivity (Wildman–Crippen MR) is 125 cm³/mol. The van der Waals surface area contributed by atoms with Gasteiger partial charge >= 0.3 is 0 Å². The molecule has 0 aliphatic carbocycles. The van der Waals surface area contributed by atoms with Crippen LogP contribution >= 0.6 is 15.9 Å². The first-order chi connectivity index (χ1) is 15.1. The molecule has 0 unspecified atom stereocenters. The zero-order chi connectivity index (χ0) is 21.6. The van der Waals surface area contributed by atoms with Crippen molar-refractivity contribution in [3.8, 4) is 11.3 Å². The van der Waals surface area contributed by atoms with Gasteiger partial charge in [0.25, 0.3) is 5.91 Å². The molecule has 154 valence electrons. The minimum atomic E-state index is -0.343. The largest absolute Gasteiger partial charge is 0.451 e. The highest BCUT2D eigenvalue weighted by molar-refractivity contribution is 9.10. The van der Waals surface area contributed by atoms with Crippen LogP contribution in [-0.4, -0.2) is 11.8 Å². The summed E-state index contributed by atoms with van der Waals surface area (Å²) in [6.07, 6.45) is 0.304. The maximum Gasteiger partial charge on any atom is 0.291 e. The number of halogens is 1. The van der Waals surface area contributed by atoms with E-state index in [9.17, 15) is 9.59 Å². The van der Waals surface area contributed by atoms with E-state index in [0.717, 1.165) is 15.6 Å². The van der Waals surface area contributed by atoms with E-state index in [4.69, 9.17) is 4.42 Å². The lowest BCUT2D eigenvalue weighted by atomic mass is 10.1. The first-order valence-corrected chi connectivity index (χ1v) is 10.5. The normalized spacial score (nSPS) is 10.5. The Balaban J connectivity index is 1.35. The van der Waals surface area contributed by atoms with Gasteiger partial charge in [-0.25, -0.2) is 0 Å². The average Bonchev–Trinajstić information content (AvgIpc) is 3.27. The minimum Gasteiger partial charge on any atom is -0.451 e. The van der Waals surface area contributed by atoms with Gasteiger partial charge in [-0.05, 0) is 54.1 Å². The summed E-state index contributed by atoms with van der Waals surface area (Å²) in [5, 5.41) is 5.65. The molecule has 0 aliphatic rings. The summed E-state index contributed by atoms with van der Waals surface area (Å²) < 4.78 is 6.66. The molecule has 0 saturated heterocycles. The number of hydrogen-bond donors (Lipinski definition) is 2. The Bertz CT molecular complexity index is 1180. The monoisotopic (exact) mass is 474 g/mol. The van der Waals surface area contributed by atoms with Gasteiger partial charge < -0.3 is 15.1 Å². The Labute approximate surface area is 188 Å². The molecule has 0 saturated carbocycles. The molecule has 0 spiro atoms. The van der Waals surface area contributed by atoms with Gasteiger partial charge in [0, 0.05) is 21.4 Å². The minimum absolute atomic E-state index is 0.0981. The van der Waals surface area contributed by atoms with Crippen molar-refractivity contribution >= 4 is 39.1 Å². The van der Waals surface area contributed by atoms with Crippen LogP contribution in [0.25, 0.3) is 11.3 Å². The van der Waals surface area contributed by atoms with Gasteiger partial charge in [0.05, 0.1) is 6.42 Å². The molecule has 0 atom stereocenters. The molecule has 4 rings (SSSR count). The van der Waals surface area contributed by atoms with Crippen molar-refractivity contribution < 1.29 is 14.0 Å². The number of carbonyl (C=O) groups excluding carboxylic acids is 2. The number of carbonyl (C=O) groups is 2. The number of nitrogens with one attached hydrogen (secondary N) is 2. The SMILES string of the molecule is O=C(Cc1ccccc1)Nc1ccc(NC(=O)c2ccc(-c3ccc(Br)cc3)o2)cc1. The molecule has 31 heavy (non-hydrogen) atoms. The Morgan fingerprint density at radius 1 is 0.742 bits per heavy atom. The van der Waals surface area contributed by atoms with Gasteiger partial charge in [-0.1, -0.05) is 58.4 Å². The fourth-order valence-corrected chi connectivity index (χ4v) is 3.31. The van der Waals surface area contributed by atoms with Gasteiger partial charge in [0.1, 0.15) is 5.76 Å². The Hall–Kier alpha value is -3.64. The zero-order valence-electron chi connectivity index (χ0n) is 16.5. The Morgan fingerprint density at radius 3 is 2.06 bits per heavy atom. The van der Waals surface area contributed by atoms with Crippen LogP contribution < -0.4 is 10.6 Å². The number of furan rings is 1. The highest BCUT2D eigenvalue weighted by Gasteiger charge is 2.13. The molecule has 3 aromatic carbocycles. The zero-order valence-corrected chi connectivity index (χ0v) is 18.1. The van der Waals surface area contributed by atoms with Crippen molar-refractivity contribution in [2.75, 3.05) is 10.6 Å². The molecule has 1 heterocycles. The lowest BCUT2D eigenvalue weighted by Gasteiger charge is -2.07. The number of amides is 2. The Morgan fingerprint density at radius 2 is 1.39 bits per heavy atom. The van der Waals surface area contributed by atoms with Crippen LogP contribution in [-0.2, 0) is 11.2 Å². The first kappa shape index (κ1) is 20.6. The Kier molecular flexibility index (Phi) is 6.29. The molecule has 4 aromatic rings. The van der Waals surface area contributed by atoms with E-state index in [1.54, 1.807) is 36.4 Å². The van der Waals surface area contributed by atoms with Gasteiger partial charge in [0.15, 0.2) is 5.76 Å². The highest BCUT2D eigenvalue weighted by Crippen LogP contribution is 2.24. The lowest BCUT2D eigenvalue weighted by molar-refractivity contribution is -0.115. The molecular weight excluding hydrogens is 456 g/mol. The van der Waals surface area contributed by atoms with Crippen LogP contribution in [0.2, 0.25) is 0 Å². The smallest absolute Gasteiger partial charge is 0.291 e.